The number of hydrogen-bond donors (Lipinski definition) is 3. The molecule has 0 aliphatic rings. The molecule has 5 N–H and O–H groups in total. The molecule has 0 saturated carbocycles. The molecule has 0 bridgehead atoms. The van der Waals surface area contributed by atoms with Gasteiger partial charge in [-0.2, -0.15) is 13.2 Å². The van der Waals surface area contributed by atoms with Gasteiger partial charge in [-0.1, -0.05) is 11.8 Å². The fourth-order valence-corrected chi connectivity index (χ4v) is 3.14. The van der Waals surface area contributed by atoms with E-state index in [1.165, 1.54) is 13.0 Å². The summed E-state index contributed by atoms with van der Waals surface area (Å²) in [4.78, 5) is 23.3. The van der Waals surface area contributed by atoms with Crippen molar-refractivity contribution in [1.29, 1.82) is 0 Å². The summed E-state index contributed by atoms with van der Waals surface area (Å²) in [5.74, 6) is 2.67. The fourth-order valence-electron chi connectivity index (χ4n) is 1.58. The van der Waals surface area contributed by atoms with Crippen LogP contribution in [0.1, 0.15) is 23.1 Å². The highest BCUT2D eigenvalue weighted by atomic mass is 32.2. The molecule has 0 fully saturated rings. The van der Waals surface area contributed by atoms with Crippen LogP contribution in [0.25, 0.3) is 0 Å². The second-order valence-corrected chi connectivity index (χ2v) is 6.67. The van der Waals surface area contributed by atoms with E-state index in [4.69, 9.17) is 11.6 Å². The third-order valence-corrected chi connectivity index (χ3v) is 4.62. The molecule has 0 saturated heterocycles. The molecule has 2 aromatic heterocycles. The number of nitrogens with zero attached hydrogens (tertiary/aromatic N) is 3. The molecule has 13 heteroatoms. The van der Waals surface area contributed by atoms with Crippen LogP contribution >= 0.6 is 23.1 Å². The first kappa shape index (κ1) is 18.1. The Hall–Kier alpha value is -2.28. The first-order valence-corrected chi connectivity index (χ1v) is 7.99. The number of carbonyl (C=O) groups excluding carboxylic acids is 2. The number of thiophene rings is 1. The van der Waals surface area contributed by atoms with Gasteiger partial charge in [-0.15, -0.1) is 21.5 Å². The van der Waals surface area contributed by atoms with Gasteiger partial charge >= 0.3 is 6.18 Å². The monoisotopic (exact) mass is 380 g/mol. The Balaban J connectivity index is 2.08. The molecule has 0 aliphatic heterocycles. The highest BCUT2D eigenvalue weighted by Gasteiger charge is 2.38. The number of nitrogens with two attached hydrogens (primary N) is 2. The predicted molar refractivity (Wildman–Crippen MR) is 82.0 cm³/mol. The predicted octanol–water partition coefficient (Wildman–Crippen LogP) is 1.29. The molecular formula is C11H11F3N6O2S2. The summed E-state index contributed by atoms with van der Waals surface area (Å²) in [5, 5.41) is 9.48. The highest BCUT2D eigenvalue weighted by Crippen LogP contribution is 2.30. The lowest BCUT2D eigenvalue weighted by Gasteiger charge is -2.11. The second-order valence-electron chi connectivity index (χ2n) is 4.45. The van der Waals surface area contributed by atoms with Crippen LogP contribution in [0.4, 0.5) is 18.2 Å². The van der Waals surface area contributed by atoms with Gasteiger partial charge in [0.1, 0.15) is 5.00 Å². The highest BCUT2D eigenvalue weighted by molar-refractivity contribution is 8.00. The molecule has 24 heavy (non-hydrogen) atoms. The van der Waals surface area contributed by atoms with Crippen molar-refractivity contribution in [1.82, 2.24) is 14.9 Å². The van der Waals surface area contributed by atoms with Crippen LogP contribution in [0.3, 0.4) is 0 Å². The van der Waals surface area contributed by atoms with E-state index in [1.807, 2.05) is 0 Å². The van der Waals surface area contributed by atoms with Gasteiger partial charge in [0.25, 0.3) is 11.7 Å². The topological polar surface area (TPSA) is 129 Å². The van der Waals surface area contributed by atoms with Crippen LogP contribution in [0, 0.1) is 0 Å². The van der Waals surface area contributed by atoms with Gasteiger partial charge in [0.2, 0.25) is 11.1 Å². The molecule has 0 radical (unpaired) electrons. The largest absolute Gasteiger partial charge is 0.453 e. The van der Waals surface area contributed by atoms with E-state index in [1.54, 1.807) is 5.38 Å². The van der Waals surface area contributed by atoms with Gasteiger partial charge < -0.3 is 16.9 Å². The number of thioether (sulfide) groups is 1. The zero-order valence-electron chi connectivity index (χ0n) is 12.0. The van der Waals surface area contributed by atoms with Gasteiger partial charge in [0.15, 0.2) is 0 Å². The maximum absolute atomic E-state index is 12.6. The summed E-state index contributed by atoms with van der Waals surface area (Å²) in [6.45, 7) is 1.44. The second kappa shape index (κ2) is 6.68. The first-order chi connectivity index (χ1) is 11.1. The molecule has 1 unspecified atom stereocenters. The number of rotatable bonds is 5. The maximum Gasteiger partial charge on any atom is 0.453 e. The molecule has 2 aromatic rings. The summed E-state index contributed by atoms with van der Waals surface area (Å²) < 4.78 is 38.1. The van der Waals surface area contributed by atoms with Gasteiger partial charge in [-0.25, -0.2) is 4.68 Å². The van der Waals surface area contributed by atoms with Crippen molar-refractivity contribution in [3.05, 3.63) is 22.8 Å². The molecule has 1 atom stereocenters. The van der Waals surface area contributed by atoms with Crippen LogP contribution in [0.5, 0.6) is 0 Å². The van der Waals surface area contributed by atoms with Crippen molar-refractivity contribution < 1.29 is 22.8 Å². The van der Waals surface area contributed by atoms with E-state index in [2.05, 4.69) is 15.5 Å². The fraction of sp³-hybridized carbons (Fsp3) is 0.273. The number of anilines is 1. The van der Waals surface area contributed by atoms with E-state index in [-0.39, 0.29) is 20.4 Å². The molecule has 0 spiro atoms. The van der Waals surface area contributed by atoms with Crippen molar-refractivity contribution in [2.24, 2.45) is 5.73 Å². The molecule has 2 amide bonds. The number of hydrogen-bond acceptors (Lipinski definition) is 7. The van der Waals surface area contributed by atoms with Gasteiger partial charge in [0, 0.05) is 0 Å². The van der Waals surface area contributed by atoms with E-state index in [9.17, 15) is 22.8 Å². The van der Waals surface area contributed by atoms with Gasteiger partial charge in [-0.3, -0.25) is 9.59 Å². The van der Waals surface area contributed by atoms with Crippen molar-refractivity contribution in [2.75, 3.05) is 11.2 Å². The van der Waals surface area contributed by atoms with Crippen molar-refractivity contribution in [2.45, 2.75) is 23.5 Å². The standard InChI is InChI=1S/C11H11F3N6O2S2/c1-4(7(22)17-8-5(6(15)21)2-3-23-8)24-10-19-18-9(20(10)16)11(12,13)14/h2-4H,16H2,1H3,(H2,15,21)(H,17,22). The molecule has 130 valence electrons. The minimum absolute atomic E-state index is 0.145. The Labute approximate surface area is 141 Å². The Morgan fingerprint density at radius 1 is 1.42 bits per heavy atom. The minimum atomic E-state index is -4.75. The molecule has 0 aromatic carbocycles. The number of carbonyl (C=O) groups is 2. The zero-order chi connectivity index (χ0) is 18.1. The lowest BCUT2D eigenvalue weighted by molar-refractivity contribution is -0.146. The van der Waals surface area contributed by atoms with Gasteiger partial charge in [0.05, 0.1) is 10.8 Å². The average Bonchev–Trinajstić information content (AvgIpc) is 3.05. The zero-order valence-corrected chi connectivity index (χ0v) is 13.6. The Morgan fingerprint density at radius 3 is 2.62 bits per heavy atom. The summed E-state index contributed by atoms with van der Waals surface area (Å²) in [7, 11) is 0. The summed E-state index contributed by atoms with van der Waals surface area (Å²) >= 11 is 1.78. The van der Waals surface area contributed by atoms with E-state index >= 15 is 0 Å². The van der Waals surface area contributed by atoms with E-state index in [0.717, 1.165) is 11.3 Å². The Bertz CT molecular complexity index is 772. The molecule has 2 rings (SSSR count). The van der Waals surface area contributed by atoms with Crippen molar-refractivity contribution >= 4 is 39.9 Å². The van der Waals surface area contributed by atoms with Gasteiger partial charge in [-0.05, 0) is 18.4 Å². The Morgan fingerprint density at radius 2 is 2.08 bits per heavy atom. The van der Waals surface area contributed by atoms with Crippen LogP contribution in [0.2, 0.25) is 0 Å². The summed E-state index contributed by atoms with van der Waals surface area (Å²) in [5.41, 5.74) is 5.31. The average molecular weight is 380 g/mol. The summed E-state index contributed by atoms with van der Waals surface area (Å²) in [6.07, 6.45) is -4.75. The van der Waals surface area contributed by atoms with Crippen molar-refractivity contribution in [3.8, 4) is 0 Å². The molecule has 2 heterocycles. The number of aromatic nitrogens is 3. The number of alkyl halides is 3. The molecule has 0 aliphatic carbocycles. The number of halogens is 3. The first-order valence-electron chi connectivity index (χ1n) is 6.23. The van der Waals surface area contributed by atoms with Crippen LogP contribution in [-0.4, -0.2) is 31.9 Å². The summed E-state index contributed by atoms with van der Waals surface area (Å²) in [6, 6.07) is 1.45. The smallest absolute Gasteiger partial charge is 0.366 e. The van der Waals surface area contributed by atoms with E-state index < -0.39 is 29.1 Å². The van der Waals surface area contributed by atoms with Crippen molar-refractivity contribution in [3.63, 3.8) is 0 Å². The minimum Gasteiger partial charge on any atom is -0.366 e. The molecular weight excluding hydrogens is 369 g/mol. The number of amides is 2. The SMILES string of the molecule is CC(Sc1nnc(C(F)(F)F)n1N)C(=O)Nc1sccc1C(N)=O. The van der Waals surface area contributed by atoms with Crippen LogP contribution < -0.4 is 16.9 Å². The Kier molecular flexibility index (Phi) is 5.03. The third-order valence-electron chi connectivity index (χ3n) is 2.74. The number of primary amides is 1. The van der Waals surface area contributed by atoms with Crippen LogP contribution in [-0.2, 0) is 11.0 Å². The van der Waals surface area contributed by atoms with E-state index in [0.29, 0.717) is 11.8 Å². The number of nitrogen functional groups attached to an aromatic ring is 1. The maximum atomic E-state index is 12.6. The normalized spacial score (nSPS) is 12.8. The molecule has 8 nitrogen and oxygen atoms in total. The van der Waals surface area contributed by atoms with Crippen LogP contribution in [0.15, 0.2) is 16.6 Å². The quantitative estimate of drug-likeness (QED) is 0.530. The lowest BCUT2D eigenvalue weighted by atomic mass is 10.3. The lowest BCUT2D eigenvalue weighted by Crippen LogP contribution is -2.25. The third kappa shape index (κ3) is 3.79. The number of nitrogens with one attached hydrogen (secondary N) is 1.